The van der Waals surface area contributed by atoms with Gasteiger partial charge in [-0.15, -0.1) is 0 Å². The van der Waals surface area contributed by atoms with E-state index >= 15 is 0 Å². The van der Waals surface area contributed by atoms with Gasteiger partial charge in [0.1, 0.15) is 24.6 Å². The molecule has 0 saturated heterocycles. The number of aryl methyl sites for hydroxylation is 2. The zero-order valence-electron chi connectivity index (χ0n) is 34.8. The van der Waals surface area contributed by atoms with Gasteiger partial charge in [0, 0.05) is 37.1 Å². The number of nitrogens with zero attached hydrogens (tertiary/aromatic N) is 2. The molecule has 2 aromatic heterocycles. The Morgan fingerprint density at radius 3 is 0.808 bits per heavy atom. The van der Waals surface area contributed by atoms with Crippen molar-refractivity contribution in [3.8, 4) is 11.5 Å². The van der Waals surface area contributed by atoms with E-state index in [0.717, 1.165) is 50.6 Å². The summed E-state index contributed by atoms with van der Waals surface area (Å²) in [6, 6.07) is 8.50. The molecule has 0 bridgehead atoms. The van der Waals surface area contributed by atoms with Crippen LogP contribution in [0.25, 0.3) is 0 Å². The Bertz CT molecular complexity index is 911. The molecule has 52 heavy (non-hydrogen) atoms. The summed E-state index contributed by atoms with van der Waals surface area (Å²) in [4.78, 5) is 0. The van der Waals surface area contributed by atoms with Gasteiger partial charge >= 0.3 is 0 Å². The number of hydrogen-bond acceptors (Lipinski definition) is 2. The van der Waals surface area contributed by atoms with Gasteiger partial charge in [-0.1, -0.05) is 168 Å². The van der Waals surface area contributed by atoms with Gasteiger partial charge in [0.2, 0.25) is 0 Å². The van der Waals surface area contributed by atoms with Crippen LogP contribution in [0.5, 0.6) is 11.5 Å². The van der Waals surface area contributed by atoms with Crippen LogP contribution in [0.1, 0.15) is 219 Å². The highest BCUT2D eigenvalue weighted by atomic mass is 16.5. The minimum absolute atomic E-state index is 0.793. The van der Waals surface area contributed by atoms with Crippen molar-refractivity contribution in [3.63, 3.8) is 0 Å². The van der Waals surface area contributed by atoms with E-state index in [1.165, 1.54) is 193 Å². The average Bonchev–Trinajstić information content (AvgIpc) is 3.17. The van der Waals surface area contributed by atoms with E-state index in [1.54, 1.807) is 0 Å². The molecule has 0 atom stereocenters. The fraction of sp³-hybridized carbons (Fsp3) is 0.792. The summed E-state index contributed by atoms with van der Waals surface area (Å²) in [6.45, 7) is 8.41. The highest BCUT2D eigenvalue weighted by Crippen LogP contribution is 2.15. The molecular weight excluding hydrogens is 637 g/mol. The summed E-state index contributed by atoms with van der Waals surface area (Å²) in [7, 11) is 0. The van der Waals surface area contributed by atoms with Crippen LogP contribution in [0.2, 0.25) is 0 Å². The number of rotatable bonds is 39. The first-order valence-corrected chi connectivity index (χ1v) is 23.1. The average molecular weight is 723 g/mol. The topological polar surface area (TPSA) is 26.2 Å². The van der Waals surface area contributed by atoms with Crippen molar-refractivity contribution in [1.29, 1.82) is 0 Å². The van der Waals surface area contributed by atoms with Crippen molar-refractivity contribution < 1.29 is 18.6 Å². The predicted molar refractivity (Wildman–Crippen MR) is 223 cm³/mol. The summed E-state index contributed by atoms with van der Waals surface area (Å²) in [5, 5.41) is 0. The van der Waals surface area contributed by atoms with Crippen LogP contribution in [0, 0.1) is 0 Å². The van der Waals surface area contributed by atoms with Crippen LogP contribution >= 0.6 is 0 Å². The molecule has 0 radical (unpaired) electrons. The molecule has 0 aromatic carbocycles. The summed E-state index contributed by atoms with van der Waals surface area (Å²) in [5.41, 5.74) is 0. The van der Waals surface area contributed by atoms with Crippen molar-refractivity contribution in [2.45, 2.75) is 232 Å². The fourth-order valence-electron chi connectivity index (χ4n) is 7.29. The molecule has 4 nitrogen and oxygen atoms in total. The molecule has 0 aliphatic rings. The quantitative estimate of drug-likeness (QED) is 0.0507. The first-order valence-electron chi connectivity index (χ1n) is 23.1. The third-order valence-corrected chi connectivity index (χ3v) is 10.8. The molecule has 298 valence electrons. The lowest BCUT2D eigenvalue weighted by Crippen LogP contribution is -2.32. The second-order valence-corrected chi connectivity index (χ2v) is 15.8. The number of unbranched alkanes of at least 4 members (excludes halogenated alkanes) is 29. The molecule has 0 N–H and O–H groups in total. The second kappa shape index (κ2) is 35.9. The summed E-state index contributed by atoms with van der Waals surface area (Å²) in [6.07, 6.45) is 52.8. The molecule has 4 heteroatoms. The van der Waals surface area contributed by atoms with Crippen molar-refractivity contribution in [2.24, 2.45) is 0 Å². The Hall–Kier alpha value is -2.10. The lowest BCUT2D eigenvalue weighted by atomic mass is 10.0. The Balaban J connectivity index is 1.33. The van der Waals surface area contributed by atoms with Crippen LogP contribution in [-0.2, 0) is 13.1 Å². The first kappa shape index (κ1) is 46.1. The lowest BCUT2D eigenvalue weighted by molar-refractivity contribution is -0.697. The highest BCUT2D eigenvalue weighted by Gasteiger charge is 2.04. The molecule has 2 rings (SSSR count). The lowest BCUT2D eigenvalue weighted by Gasteiger charge is -2.07. The standard InChI is InChI=1S/C48H86N2O2/c1-3-5-7-9-11-13-15-17-19-21-23-25-27-31-39-49-41-35-47(36-42-49)51-45-33-29-30-34-46-52-48-37-43-50(44-38-48)40-32-28-26-24-22-20-18-16-14-12-10-8-6-4-2/h35-38,41-44H,3-34,39-40,45-46H2,1-2H3/q+2. The first-order chi connectivity index (χ1) is 25.8. The Morgan fingerprint density at radius 2 is 0.538 bits per heavy atom. The molecule has 0 unspecified atom stereocenters. The number of aromatic nitrogens is 2. The van der Waals surface area contributed by atoms with E-state index < -0.39 is 0 Å². The number of hydrogen-bond donors (Lipinski definition) is 0. The molecule has 0 saturated carbocycles. The maximum absolute atomic E-state index is 6.01. The zero-order chi connectivity index (χ0) is 36.8. The predicted octanol–water partition coefficient (Wildman–Crippen LogP) is 14.2. The maximum Gasteiger partial charge on any atom is 0.172 e. The van der Waals surface area contributed by atoms with Gasteiger partial charge in [-0.2, -0.15) is 0 Å². The van der Waals surface area contributed by atoms with E-state index in [1.807, 2.05) is 0 Å². The van der Waals surface area contributed by atoms with Crippen LogP contribution in [0.15, 0.2) is 49.1 Å². The second-order valence-electron chi connectivity index (χ2n) is 15.8. The molecular formula is C48H86N2O2+2. The molecule has 0 amide bonds. The fourth-order valence-corrected chi connectivity index (χ4v) is 7.29. The Morgan fingerprint density at radius 1 is 0.308 bits per heavy atom. The maximum atomic E-state index is 6.01. The molecule has 0 aliphatic carbocycles. The number of ether oxygens (including phenoxy) is 2. The van der Waals surface area contributed by atoms with Gasteiger partial charge < -0.3 is 9.47 Å². The SMILES string of the molecule is CCCCCCCCCCCCCCCC[n+]1ccc(OCCCCCCOc2cc[n+](CCCCCCCCCCCCCCCC)cc2)cc1. The summed E-state index contributed by atoms with van der Waals surface area (Å²) < 4.78 is 16.6. The summed E-state index contributed by atoms with van der Waals surface area (Å²) in [5.74, 6) is 1.98. The monoisotopic (exact) mass is 723 g/mol. The third-order valence-electron chi connectivity index (χ3n) is 10.8. The van der Waals surface area contributed by atoms with Gasteiger partial charge in [-0.25, -0.2) is 9.13 Å². The van der Waals surface area contributed by atoms with Gasteiger partial charge in [0.25, 0.3) is 0 Å². The molecule has 0 aliphatic heterocycles. The van der Waals surface area contributed by atoms with Gasteiger partial charge in [0.05, 0.1) is 13.2 Å². The van der Waals surface area contributed by atoms with Crippen molar-refractivity contribution in [3.05, 3.63) is 49.1 Å². The Labute approximate surface area is 323 Å². The van der Waals surface area contributed by atoms with Gasteiger partial charge in [-0.3, -0.25) is 0 Å². The van der Waals surface area contributed by atoms with E-state index in [4.69, 9.17) is 9.47 Å². The highest BCUT2D eigenvalue weighted by molar-refractivity contribution is 5.15. The van der Waals surface area contributed by atoms with E-state index in [-0.39, 0.29) is 0 Å². The molecule has 2 heterocycles. The van der Waals surface area contributed by atoms with Crippen LogP contribution in [-0.4, -0.2) is 13.2 Å². The largest absolute Gasteiger partial charge is 0.493 e. The van der Waals surface area contributed by atoms with Crippen LogP contribution in [0.4, 0.5) is 0 Å². The van der Waals surface area contributed by atoms with Crippen molar-refractivity contribution in [2.75, 3.05) is 13.2 Å². The minimum Gasteiger partial charge on any atom is -0.493 e. The molecule has 2 aromatic rings. The molecule has 0 fully saturated rings. The van der Waals surface area contributed by atoms with Crippen LogP contribution < -0.4 is 18.6 Å². The van der Waals surface area contributed by atoms with E-state index in [0.29, 0.717) is 0 Å². The van der Waals surface area contributed by atoms with Crippen LogP contribution in [0.3, 0.4) is 0 Å². The minimum atomic E-state index is 0.793. The van der Waals surface area contributed by atoms with E-state index in [2.05, 4.69) is 72.0 Å². The summed E-state index contributed by atoms with van der Waals surface area (Å²) >= 11 is 0. The van der Waals surface area contributed by atoms with Gasteiger partial charge in [0.15, 0.2) is 24.8 Å². The molecule has 0 spiro atoms. The third kappa shape index (κ3) is 28.4. The zero-order valence-corrected chi connectivity index (χ0v) is 34.8. The van der Waals surface area contributed by atoms with E-state index in [9.17, 15) is 0 Å². The normalized spacial score (nSPS) is 11.3. The van der Waals surface area contributed by atoms with Gasteiger partial charge in [-0.05, 0) is 38.5 Å². The van der Waals surface area contributed by atoms with Crippen molar-refractivity contribution >= 4 is 0 Å². The number of pyridine rings is 2. The van der Waals surface area contributed by atoms with Crippen molar-refractivity contribution in [1.82, 2.24) is 0 Å². The Kier molecular flexibility index (Phi) is 31.8. The smallest absolute Gasteiger partial charge is 0.172 e.